The van der Waals surface area contributed by atoms with E-state index in [9.17, 15) is 105 Å². The van der Waals surface area contributed by atoms with Gasteiger partial charge in [-0.2, -0.15) is 0 Å². The normalized spacial score (nSPS) is 25.9. The SMILES string of the molecule is N[C@@H](Cc1cnc[nH]1)C(=O)CCC(=O)[C@H](Cc1cnc[nH]1)NCC(=O)[C@H](Cc1cnc[nH]1)NCC(=O)[C@H](Cc1cnc[nH]1)NCC(=O)[C@H](Cc1cnc[nH]1)NCC(=O)[C@H](Cc1cnc[nH]1)NC(=O)c1ccc2nc(C(O)[C@@H](O)[C@H](O[C@H]3OC(CO)[C@@H](O[C@H]4OC(CO)[C@@H](O[C@H]5OC(CO)[C@@H](O)C(O)[C@@H]5O)C(O)[C@@H]4O)C(O)[C@@H]3O)C(O)CO)[nH]c2c1. The predicted molar refractivity (Wildman–Crippen MR) is 403 cm³/mol. The molecule has 10 heterocycles. The molecule has 3 fully saturated rings. The van der Waals surface area contributed by atoms with Crippen LogP contribution in [0.3, 0.4) is 0 Å². The van der Waals surface area contributed by atoms with E-state index in [1.54, 1.807) is 6.20 Å². The summed E-state index contributed by atoms with van der Waals surface area (Å²) < 4.78 is 33.7. The third-order valence-corrected chi connectivity index (χ3v) is 20.9. The number of benzene rings is 1. The van der Waals surface area contributed by atoms with Gasteiger partial charge in [-0.15, -0.1) is 0 Å². The zero-order valence-corrected chi connectivity index (χ0v) is 64.2. The van der Waals surface area contributed by atoms with Crippen molar-refractivity contribution < 1.29 is 133 Å². The van der Waals surface area contributed by atoms with E-state index in [2.05, 4.69) is 96.4 Å². The van der Waals surface area contributed by atoms with Crippen LogP contribution in [0.5, 0.6) is 0 Å². The summed E-state index contributed by atoms with van der Waals surface area (Å²) in [5, 5.41) is 166. The largest absolute Gasteiger partial charge is 0.394 e. The lowest BCUT2D eigenvalue weighted by molar-refractivity contribution is -0.383. The first-order valence-corrected chi connectivity index (χ1v) is 38.4. The first kappa shape index (κ1) is 91.2. The van der Waals surface area contributed by atoms with E-state index in [0.29, 0.717) is 34.2 Å². The second kappa shape index (κ2) is 43.3. The number of amides is 1. The molecule has 654 valence electrons. The first-order valence-electron chi connectivity index (χ1n) is 38.4. The van der Waals surface area contributed by atoms with Gasteiger partial charge >= 0.3 is 0 Å². The van der Waals surface area contributed by atoms with Crippen molar-refractivity contribution in [2.75, 3.05) is 52.6 Å². The number of H-pyrrole nitrogens is 7. The first-order chi connectivity index (χ1) is 57.7. The van der Waals surface area contributed by atoms with Crippen molar-refractivity contribution in [2.24, 2.45) is 5.73 Å². The third-order valence-electron chi connectivity index (χ3n) is 20.9. The molecule has 3 saturated heterocycles. The number of hydrogen-bond donors (Lipinski definition) is 27. The number of nitrogens with one attached hydrogen (secondary N) is 12. The number of aromatic nitrogens is 14. The summed E-state index contributed by atoms with van der Waals surface area (Å²) in [5.41, 5.74) is 9.43. The Hall–Kier alpha value is -9.56. The number of rotatable bonds is 49. The Labute approximate surface area is 680 Å². The highest BCUT2D eigenvalue weighted by atomic mass is 16.8. The Morgan fingerprint density at radius 2 is 0.825 bits per heavy atom. The number of aliphatic hydroxyl groups excluding tert-OH is 14. The van der Waals surface area contributed by atoms with Gasteiger partial charge in [0, 0.05) is 128 Å². The molecular weight excluding hydrogens is 1590 g/mol. The van der Waals surface area contributed by atoms with Gasteiger partial charge in [0.15, 0.2) is 47.8 Å². The third kappa shape index (κ3) is 23.6. The van der Waals surface area contributed by atoms with Crippen LogP contribution in [0.25, 0.3) is 11.0 Å². The van der Waals surface area contributed by atoms with Crippen molar-refractivity contribution in [3.63, 3.8) is 0 Å². The monoisotopic (exact) mass is 1690 g/mol. The van der Waals surface area contributed by atoms with Gasteiger partial charge in [-0.1, -0.05) is 0 Å². The molecule has 7 aromatic heterocycles. The minimum atomic E-state index is -2.29. The maximum Gasteiger partial charge on any atom is 0.251 e. The van der Waals surface area contributed by atoms with Crippen LogP contribution < -0.4 is 32.3 Å². The molecule has 1 amide bonds. The van der Waals surface area contributed by atoms with E-state index in [1.165, 1.54) is 87.1 Å². The number of fused-ring (bicyclic) bond motifs is 1. The summed E-state index contributed by atoms with van der Waals surface area (Å²) in [6, 6.07) is -2.47. The molecule has 0 saturated carbocycles. The Morgan fingerprint density at radius 3 is 1.24 bits per heavy atom. The lowest BCUT2D eigenvalue weighted by Gasteiger charge is -2.48. The zero-order chi connectivity index (χ0) is 85.8. The lowest BCUT2D eigenvalue weighted by Crippen LogP contribution is -2.67. The molecule has 47 heteroatoms. The number of carbonyl (C=O) groups is 7. The van der Waals surface area contributed by atoms with Gasteiger partial charge in [0.1, 0.15) is 109 Å². The van der Waals surface area contributed by atoms with Crippen LogP contribution in [0.4, 0.5) is 0 Å². The highest BCUT2D eigenvalue weighted by Crippen LogP contribution is 2.35. The summed E-state index contributed by atoms with van der Waals surface area (Å²) in [6.45, 7) is -5.79. The Balaban J connectivity index is 0.707. The van der Waals surface area contributed by atoms with Crippen molar-refractivity contribution >= 4 is 51.6 Å². The molecule has 28 N–H and O–H groups in total. The Kier molecular flexibility index (Phi) is 32.9. The fraction of sp³-hybridized carbons (Fsp3) is 0.562. The number of aliphatic hydroxyl groups is 14. The molecule has 8 unspecified atom stereocenters. The molecule has 3 aliphatic rings. The van der Waals surface area contributed by atoms with Crippen LogP contribution >= 0.6 is 0 Å². The second-order valence-corrected chi connectivity index (χ2v) is 29.3. The fourth-order valence-electron chi connectivity index (χ4n) is 14.0. The Bertz CT molecular complexity index is 4490. The summed E-state index contributed by atoms with van der Waals surface area (Å²) in [4.78, 5) is 148. The number of carbonyl (C=O) groups excluding carboxylic acids is 7. The maximum absolute atomic E-state index is 14.6. The van der Waals surface area contributed by atoms with Gasteiger partial charge in [-0.3, -0.25) is 33.6 Å². The quantitative estimate of drug-likeness (QED) is 0.0168. The summed E-state index contributed by atoms with van der Waals surface area (Å²) in [6.07, 6.45) is -20.3. The maximum atomic E-state index is 14.6. The number of Topliss-reactive ketones (excluding diaryl/α,β-unsaturated/α-hetero) is 6. The second-order valence-electron chi connectivity index (χ2n) is 29.3. The predicted octanol–water partition coefficient (Wildman–Crippen LogP) is -10.6. The number of aromatic amines is 7. The van der Waals surface area contributed by atoms with Crippen LogP contribution in [-0.4, -0.2) is 381 Å². The van der Waals surface area contributed by atoms with Crippen LogP contribution in [0.1, 0.15) is 69.3 Å². The van der Waals surface area contributed by atoms with E-state index in [-0.39, 0.29) is 86.1 Å². The summed E-state index contributed by atoms with van der Waals surface area (Å²) >= 11 is 0. The molecule has 25 atom stereocenters. The molecule has 11 rings (SSSR count). The van der Waals surface area contributed by atoms with Gasteiger partial charge in [-0.25, -0.2) is 34.9 Å². The molecule has 0 radical (unpaired) electrons. The zero-order valence-electron chi connectivity index (χ0n) is 64.2. The van der Waals surface area contributed by atoms with Crippen LogP contribution in [-0.2, 0) is 95.7 Å². The van der Waals surface area contributed by atoms with E-state index in [0.717, 1.165) is 0 Å². The van der Waals surface area contributed by atoms with E-state index >= 15 is 0 Å². The smallest absolute Gasteiger partial charge is 0.251 e. The van der Waals surface area contributed by atoms with Crippen LogP contribution in [0.15, 0.2) is 93.3 Å². The number of ether oxygens (including phenoxy) is 6. The van der Waals surface area contributed by atoms with Crippen molar-refractivity contribution in [1.29, 1.82) is 0 Å². The average molecular weight is 1690 g/mol. The number of nitrogens with two attached hydrogens (primary N) is 1. The van der Waals surface area contributed by atoms with Gasteiger partial charge in [0.05, 0.1) is 138 Å². The molecule has 0 aliphatic carbocycles. The number of imidazole rings is 7. The summed E-state index contributed by atoms with van der Waals surface area (Å²) in [7, 11) is 0. The molecular formula is C73H100N20O27. The molecule has 1 aromatic carbocycles. The van der Waals surface area contributed by atoms with Crippen LogP contribution in [0, 0.1) is 0 Å². The van der Waals surface area contributed by atoms with Crippen molar-refractivity contribution in [2.45, 2.75) is 204 Å². The lowest BCUT2D eigenvalue weighted by atomic mass is 9.96. The average Bonchev–Trinajstić information content (AvgIpc) is 1.30. The van der Waals surface area contributed by atoms with E-state index in [4.69, 9.17) is 34.2 Å². The molecule has 0 bridgehead atoms. The highest BCUT2D eigenvalue weighted by molar-refractivity contribution is 6.01. The number of hydrogen-bond acceptors (Lipinski definition) is 39. The van der Waals surface area contributed by atoms with Gasteiger partial charge in [0.25, 0.3) is 5.91 Å². The molecule has 8 aromatic rings. The van der Waals surface area contributed by atoms with Crippen molar-refractivity contribution in [3.8, 4) is 0 Å². The highest BCUT2D eigenvalue weighted by Gasteiger charge is 2.55. The van der Waals surface area contributed by atoms with Crippen molar-refractivity contribution in [1.82, 2.24) is 96.4 Å². The summed E-state index contributed by atoms with van der Waals surface area (Å²) in [5.74, 6) is -3.98. The molecule has 120 heavy (non-hydrogen) atoms. The van der Waals surface area contributed by atoms with Gasteiger partial charge < -0.3 is 167 Å². The molecule has 0 spiro atoms. The number of nitrogens with zero attached hydrogens (tertiary/aromatic N) is 7. The topological polar surface area (TPSA) is 745 Å². The Morgan fingerprint density at radius 1 is 0.450 bits per heavy atom. The number of ketones is 6. The van der Waals surface area contributed by atoms with E-state index in [1.807, 2.05) is 0 Å². The van der Waals surface area contributed by atoms with Gasteiger partial charge in [-0.05, 0) is 18.2 Å². The standard InChI is InChI=1S/C73H100N20O27/c74-39(6-33-12-75-26-85-33)47(98)3-4-48(99)42(7-34-13-76-27-86-34)81-18-49(100)43(8-35-14-77-28-87-35)82-19-50(101)44(9-36-15-78-29-88-36)83-20-51(102)45(10-37-16-79-30-89-37)84-21-52(103)46(11-38-17-80-31-90-38)93-70(114)32-1-2-40-41(5-32)92-69(91-40)62(110)59(107)66(53(104)22-94)118-72-64(112)60(108)68(55(24-96)116-72)120-73-65(113)61(109)67(56(25-97)117-73)119-71-63(111)58(106)57(105)54(23-95)115-71/h1-2,5,12-17,26-31,39,42-46,53-68,71-73,81-84,94-97,104-113H,3-4,6-11,18-25,74H2,(H,75,85)(H,76,86)(H,77,87)(H,78,88)(H,79,89)(H,80,90)(H,91,92)(H,93,114)/t39-,42-,43-,44-,45-,46-,53?,54?,55?,56?,57+,58?,59+,60?,61?,62?,63-,64-,65-,66+,67+,68+,71+,72+,73+/m0/s1. The minimum absolute atomic E-state index is 0.00519. The molecule has 47 nitrogen and oxygen atoms in total. The van der Waals surface area contributed by atoms with E-state index < -0.39 is 234 Å². The van der Waals surface area contributed by atoms with Gasteiger partial charge in [0.2, 0.25) is 0 Å². The molecule has 3 aliphatic heterocycles. The van der Waals surface area contributed by atoms with Crippen molar-refractivity contribution in [3.05, 3.63) is 139 Å². The minimum Gasteiger partial charge on any atom is -0.394 e. The fourth-order valence-corrected chi connectivity index (χ4v) is 14.0. The van der Waals surface area contributed by atoms with Crippen LogP contribution in [0.2, 0.25) is 0 Å².